The normalized spacial score (nSPS) is 23.6. The summed E-state index contributed by atoms with van der Waals surface area (Å²) in [4.78, 5) is 0. The average Bonchev–Trinajstić information content (AvgIpc) is 2.26. The van der Waals surface area contributed by atoms with Gasteiger partial charge in [-0.15, -0.1) is 0 Å². The zero-order chi connectivity index (χ0) is 12.7. The highest BCUT2D eigenvalue weighted by atomic mass is 32.2. The van der Waals surface area contributed by atoms with Gasteiger partial charge in [0.15, 0.2) is 0 Å². The maximum absolute atomic E-state index is 12.0. The van der Waals surface area contributed by atoms with Crippen LogP contribution >= 0.6 is 11.8 Å². The van der Waals surface area contributed by atoms with E-state index in [0.29, 0.717) is 11.7 Å². The van der Waals surface area contributed by atoms with Crippen molar-refractivity contribution in [3.05, 3.63) is 0 Å². The van der Waals surface area contributed by atoms with E-state index in [0.717, 1.165) is 6.54 Å². The molecule has 1 N–H and O–H groups in total. The molecule has 1 nitrogen and oxygen atoms in total. The fourth-order valence-corrected chi connectivity index (χ4v) is 3.26. The molecule has 0 amide bonds. The highest BCUT2D eigenvalue weighted by Gasteiger charge is 2.26. The van der Waals surface area contributed by atoms with Gasteiger partial charge in [-0.1, -0.05) is 6.42 Å². The first-order valence-corrected chi connectivity index (χ1v) is 7.44. The molecule has 1 saturated heterocycles. The van der Waals surface area contributed by atoms with Crippen LogP contribution in [0.5, 0.6) is 0 Å². The van der Waals surface area contributed by atoms with Gasteiger partial charge in [0.2, 0.25) is 0 Å². The van der Waals surface area contributed by atoms with Crippen molar-refractivity contribution in [2.24, 2.45) is 0 Å². The Morgan fingerprint density at radius 1 is 1.35 bits per heavy atom. The molecule has 0 aromatic rings. The highest BCUT2D eigenvalue weighted by molar-refractivity contribution is 7.99. The number of rotatable bonds is 6. The first-order valence-electron chi connectivity index (χ1n) is 6.39. The van der Waals surface area contributed by atoms with Gasteiger partial charge < -0.3 is 5.32 Å². The summed E-state index contributed by atoms with van der Waals surface area (Å²) in [6.45, 7) is 2.92. The predicted octanol–water partition coefficient (Wildman–Crippen LogP) is 3.98. The summed E-state index contributed by atoms with van der Waals surface area (Å²) in [6, 6.07) is 0.194. The molecule has 1 heterocycles. The van der Waals surface area contributed by atoms with E-state index >= 15 is 0 Å². The van der Waals surface area contributed by atoms with E-state index in [9.17, 15) is 13.2 Å². The van der Waals surface area contributed by atoms with E-state index in [-0.39, 0.29) is 12.5 Å². The molecule has 0 aromatic carbocycles. The summed E-state index contributed by atoms with van der Waals surface area (Å²) in [5.74, 6) is 1.23. The number of alkyl halides is 3. The standard InChI is InChI=1S/C12H22F3NS/c1-10(5-4-7-12(13,14)15)16-9-11-6-2-3-8-17-11/h10-11,16H,2-9H2,1H3. The van der Waals surface area contributed by atoms with Gasteiger partial charge in [0.1, 0.15) is 0 Å². The van der Waals surface area contributed by atoms with E-state index in [4.69, 9.17) is 0 Å². The number of thioether (sulfide) groups is 1. The first-order chi connectivity index (χ1) is 7.97. The lowest BCUT2D eigenvalue weighted by molar-refractivity contribution is -0.135. The number of hydrogen-bond acceptors (Lipinski definition) is 2. The molecule has 0 saturated carbocycles. The summed E-state index contributed by atoms with van der Waals surface area (Å²) in [6.07, 6.45) is 0.0273. The molecule has 1 aliphatic heterocycles. The minimum Gasteiger partial charge on any atom is -0.313 e. The van der Waals surface area contributed by atoms with Crippen molar-refractivity contribution in [2.75, 3.05) is 12.3 Å². The van der Waals surface area contributed by atoms with Crippen molar-refractivity contribution in [3.8, 4) is 0 Å². The molecule has 102 valence electrons. The summed E-state index contributed by atoms with van der Waals surface area (Å²) < 4.78 is 35.9. The summed E-state index contributed by atoms with van der Waals surface area (Å²) in [5, 5.41) is 4.01. The molecular formula is C12H22F3NS. The second-order valence-electron chi connectivity index (χ2n) is 4.81. The lowest BCUT2D eigenvalue weighted by atomic mass is 10.1. The van der Waals surface area contributed by atoms with Gasteiger partial charge in [-0.2, -0.15) is 24.9 Å². The van der Waals surface area contributed by atoms with E-state index in [2.05, 4.69) is 5.32 Å². The summed E-state index contributed by atoms with van der Waals surface area (Å²) in [7, 11) is 0. The fourth-order valence-electron chi connectivity index (χ4n) is 2.01. The Kier molecular flexibility index (Phi) is 6.70. The van der Waals surface area contributed by atoms with Gasteiger partial charge in [0.05, 0.1) is 0 Å². The quantitative estimate of drug-likeness (QED) is 0.782. The van der Waals surface area contributed by atoms with Crippen LogP contribution in [0.2, 0.25) is 0 Å². The molecule has 0 spiro atoms. The van der Waals surface area contributed by atoms with Crippen LogP contribution in [0.25, 0.3) is 0 Å². The highest BCUT2D eigenvalue weighted by Crippen LogP contribution is 2.25. The van der Waals surface area contributed by atoms with E-state index in [1.54, 1.807) is 0 Å². The van der Waals surface area contributed by atoms with Crippen molar-refractivity contribution < 1.29 is 13.2 Å². The lowest BCUT2D eigenvalue weighted by Gasteiger charge is -2.23. The average molecular weight is 269 g/mol. The minimum absolute atomic E-state index is 0.194. The molecule has 5 heteroatoms. The van der Waals surface area contributed by atoms with Crippen molar-refractivity contribution in [1.29, 1.82) is 0 Å². The molecule has 17 heavy (non-hydrogen) atoms. The number of hydrogen-bond donors (Lipinski definition) is 1. The van der Waals surface area contributed by atoms with Crippen molar-refractivity contribution in [1.82, 2.24) is 5.32 Å². The Bertz CT molecular complexity index is 202. The Morgan fingerprint density at radius 3 is 2.71 bits per heavy atom. The molecule has 2 unspecified atom stereocenters. The zero-order valence-corrected chi connectivity index (χ0v) is 11.2. The maximum Gasteiger partial charge on any atom is 0.389 e. The third-order valence-electron chi connectivity index (χ3n) is 3.07. The van der Waals surface area contributed by atoms with Gasteiger partial charge in [-0.25, -0.2) is 0 Å². The Morgan fingerprint density at radius 2 is 2.12 bits per heavy atom. The van der Waals surface area contributed by atoms with Gasteiger partial charge >= 0.3 is 6.18 Å². The van der Waals surface area contributed by atoms with Crippen LogP contribution in [-0.2, 0) is 0 Å². The van der Waals surface area contributed by atoms with Crippen molar-refractivity contribution >= 4 is 11.8 Å². The van der Waals surface area contributed by atoms with E-state index in [1.165, 1.54) is 25.0 Å². The predicted molar refractivity (Wildman–Crippen MR) is 67.5 cm³/mol. The number of nitrogens with one attached hydrogen (secondary N) is 1. The molecule has 2 atom stereocenters. The van der Waals surface area contributed by atoms with Crippen LogP contribution in [-0.4, -0.2) is 29.8 Å². The van der Waals surface area contributed by atoms with Crippen LogP contribution in [0.3, 0.4) is 0 Å². The lowest BCUT2D eigenvalue weighted by Crippen LogP contribution is -2.33. The summed E-state index contributed by atoms with van der Waals surface area (Å²) in [5.41, 5.74) is 0. The first kappa shape index (κ1) is 15.2. The van der Waals surface area contributed by atoms with Crippen LogP contribution in [0.4, 0.5) is 13.2 Å². The molecule has 0 aliphatic carbocycles. The largest absolute Gasteiger partial charge is 0.389 e. The van der Waals surface area contributed by atoms with Gasteiger partial charge in [-0.3, -0.25) is 0 Å². The molecule has 1 aliphatic rings. The Hall–Kier alpha value is 0.100. The topological polar surface area (TPSA) is 12.0 Å². The fraction of sp³-hybridized carbons (Fsp3) is 1.00. The van der Waals surface area contributed by atoms with Crippen molar-refractivity contribution in [2.45, 2.75) is 62.9 Å². The zero-order valence-electron chi connectivity index (χ0n) is 10.4. The van der Waals surface area contributed by atoms with Crippen LogP contribution in [0.15, 0.2) is 0 Å². The second kappa shape index (κ2) is 7.52. The van der Waals surface area contributed by atoms with Crippen molar-refractivity contribution in [3.63, 3.8) is 0 Å². The molecule has 0 radical (unpaired) electrons. The van der Waals surface area contributed by atoms with Gasteiger partial charge in [0.25, 0.3) is 0 Å². The Labute approximate surface area is 106 Å². The maximum atomic E-state index is 12.0. The molecular weight excluding hydrogens is 247 g/mol. The smallest absolute Gasteiger partial charge is 0.313 e. The molecule has 1 rings (SSSR count). The number of halogens is 3. The van der Waals surface area contributed by atoms with E-state index < -0.39 is 12.6 Å². The van der Waals surface area contributed by atoms with Gasteiger partial charge in [0, 0.05) is 24.3 Å². The molecule has 1 fully saturated rings. The minimum atomic E-state index is -4.00. The molecule has 0 aromatic heterocycles. The molecule has 0 bridgehead atoms. The SMILES string of the molecule is CC(CCCC(F)(F)F)NCC1CCCCS1. The van der Waals surface area contributed by atoms with E-state index in [1.807, 2.05) is 18.7 Å². The Balaban J connectivity index is 2.02. The second-order valence-corrected chi connectivity index (χ2v) is 6.21. The monoisotopic (exact) mass is 269 g/mol. The van der Waals surface area contributed by atoms with Crippen LogP contribution in [0.1, 0.15) is 45.4 Å². The van der Waals surface area contributed by atoms with Crippen LogP contribution in [0, 0.1) is 0 Å². The third kappa shape index (κ3) is 7.92. The third-order valence-corrected chi connectivity index (χ3v) is 4.46. The summed E-state index contributed by atoms with van der Waals surface area (Å²) >= 11 is 1.99. The van der Waals surface area contributed by atoms with Gasteiger partial charge in [-0.05, 0) is 38.4 Å². The van der Waals surface area contributed by atoms with Crippen LogP contribution < -0.4 is 5.32 Å².